The molecule has 0 aliphatic heterocycles. The molecule has 12 heavy (non-hydrogen) atoms. The van der Waals surface area contributed by atoms with Crippen molar-refractivity contribution in [2.45, 2.75) is 5.92 Å². The maximum absolute atomic E-state index is 9.07. The largest absolute Gasteiger partial charge is 0.396 e. The molecular formula is C9H13NOS. The standard InChI is InChI=1S/C9H13NOS/c1-12-7-9(6-11)8-3-2-4-10-5-8/h2-5,9,11H,6-7H2,1H3. The van der Waals surface area contributed by atoms with Gasteiger partial charge in [0.2, 0.25) is 0 Å². The Kier molecular flexibility index (Phi) is 4.11. The van der Waals surface area contributed by atoms with Crippen molar-refractivity contribution in [3.05, 3.63) is 30.1 Å². The molecule has 66 valence electrons. The molecule has 0 aromatic carbocycles. The molecule has 0 amide bonds. The number of rotatable bonds is 4. The molecule has 0 aliphatic carbocycles. The van der Waals surface area contributed by atoms with Gasteiger partial charge in [0.05, 0.1) is 6.61 Å². The SMILES string of the molecule is CSCC(CO)c1cccnc1. The van der Waals surface area contributed by atoms with Gasteiger partial charge in [0.1, 0.15) is 0 Å². The summed E-state index contributed by atoms with van der Waals surface area (Å²) >= 11 is 1.74. The minimum atomic E-state index is 0.201. The van der Waals surface area contributed by atoms with Crippen molar-refractivity contribution >= 4 is 11.8 Å². The molecule has 1 rings (SSSR count). The fourth-order valence-electron chi connectivity index (χ4n) is 1.07. The molecule has 0 saturated carbocycles. The summed E-state index contributed by atoms with van der Waals surface area (Å²) in [6, 6.07) is 3.91. The van der Waals surface area contributed by atoms with Crippen LogP contribution >= 0.6 is 11.8 Å². The van der Waals surface area contributed by atoms with E-state index in [1.165, 1.54) is 0 Å². The Morgan fingerprint density at radius 1 is 1.67 bits per heavy atom. The second-order valence-electron chi connectivity index (χ2n) is 2.62. The van der Waals surface area contributed by atoms with E-state index in [4.69, 9.17) is 5.11 Å². The summed E-state index contributed by atoms with van der Waals surface area (Å²) in [5, 5.41) is 9.07. The second-order valence-corrected chi connectivity index (χ2v) is 3.53. The number of aliphatic hydroxyl groups is 1. The van der Waals surface area contributed by atoms with Crippen molar-refractivity contribution in [2.24, 2.45) is 0 Å². The van der Waals surface area contributed by atoms with E-state index in [9.17, 15) is 0 Å². The van der Waals surface area contributed by atoms with Crippen LogP contribution in [0.4, 0.5) is 0 Å². The van der Waals surface area contributed by atoms with Crippen molar-refractivity contribution in [1.82, 2.24) is 4.98 Å². The van der Waals surface area contributed by atoms with Crippen molar-refractivity contribution in [1.29, 1.82) is 0 Å². The molecule has 3 heteroatoms. The summed E-state index contributed by atoms with van der Waals surface area (Å²) in [6.45, 7) is 0.201. The van der Waals surface area contributed by atoms with Crippen LogP contribution in [0, 0.1) is 0 Å². The number of nitrogens with zero attached hydrogens (tertiary/aromatic N) is 1. The molecule has 1 heterocycles. The maximum Gasteiger partial charge on any atom is 0.0508 e. The van der Waals surface area contributed by atoms with Gasteiger partial charge in [0, 0.05) is 24.1 Å². The fraction of sp³-hybridized carbons (Fsp3) is 0.444. The molecule has 1 aromatic heterocycles. The first-order valence-electron chi connectivity index (χ1n) is 3.88. The minimum Gasteiger partial charge on any atom is -0.396 e. The molecule has 1 unspecified atom stereocenters. The Bertz CT molecular complexity index is 215. The van der Waals surface area contributed by atoms with E-state index < -0.39 is 0 Å². The Balaban J connectivity index is 2.66. The molecule has 1 N–H and O–H groups in total. The van der Waals surface area contributed by atoms with Crippen LogP contribution in [-0.2, 0) is 0 Å². The van der Waals surface area contributed by atoms with Gasteiger partial charge in [-0.1, -0.05) is 6.07 Å². The van der Waals surface area contributed by atoms with E-state index in [0.29, 0.717) is 0 Å². The van der Waals surface area contributed by atoms with Gasteiger partial charge in [-0.2, -0.15) is 11.8 Å². The highest BCUT2D eigenvalue weighted by Crippen LogP contribution is 2.17. The smallest absolute Gasteiger partial charge is 0.0508 e. The van der Waals surface area contributed by atoms with Crippen molar-refractivity contribution < 1.29 is 5.11 Å². The topological polar surface area (TPSA) is 33.1 Å². The molecule has 0 bridgehead atoms. The van der Waals surface area contributed by atoms with Crippen LogP contribution in [-0.4, -0.2) is 28.7 Å². The number of aliphatic hydroxyl groups excluding tert-OH is 1. The summed E-state index contributed by atoms with van der Waals surface area (Å²) in [5.41, 5.74) is 1.12. The Morgan fingerprint density at radius 2 is 2.50 bits per heavy atom. The lowest BCUT2D eigenvalue weighted by Crippen LogP contribution is -2.06. The van der Waals surface area contributed by atoms with Crippen molar-refractivity contribution in [3.8, 4) is 0 Å². The predicted molar refractivity (Wildman–Crippen MR) is 52.4 cm³/mol. The van der Waals surface area contributed by atoms with Gasteiger partial charge in [-0.25, -0.2) is 0 Å². The highest BCUT2D eigenvalue weighted by molar-refractivity contribution is 7.98. The van der Waals surface area contributed by atoms with Crippen molar-refractivity contribution in [3.63, 3.8) is 0 Å². The van der Waals surface area contributed by atoms with Crippen LogP contribution in [0.3, 0.4) is 0 Å². The van der Waals surface area contributed by atoms with Crippen LogP contribution in [0.1, 0.15) is 11.5 Å². The molecule has 0 fully saturated rings. The fourth-order valence-corrected chi connectivity index (χ4v) is 1.77. The zero-order valence-electron chi connectivity index (χ0n) is 7.10. The van der Waals surface area contributed by atoms with Crippen LogP contribution in [0.2, 0.25) is 0 Å². The lowest BCUT2D eigenvalue weighted by molar-refractivity contribution is 0.274. The van der Waals surface area contributed by atoms with Crippen LogP contribution in [0.15, 0.2) is 24.5 Å². The molecule has 2 nitrogen and oxygen atoms in total. The molecular weight excluding hydrogens is 170 g/mol. The van der Waals surface area contributed by atoms with Gasteiger partial charge in [-0.3, -0.25) is 4.98 Å². The van der Waals surface area contributed by atoms with Gasteiger partial charge < -0.3 is 5.11 Å². The summed E-state index contributed by atoms with van der Waals surface area (Å²) in [5.74, 6) is 1.18. The average molecular weight is 183 g/mol. The lowest BCUT2D eigenvalue weighted by atomic mass is 10.1. The zero-order chi connectivity index (χ0) is 8.81. The predicted octanol–water partition coefficient (Wildman–Crippen LogP) is 1.52. The number of aromatic nitrogens is 1. The van der Waals surface area contributed by atoms with Gasteiger partial charge in [0.15, 0.2) is 0 Å². The summed E-state index contributed by atoms with van der Waals surface area (Å²) in [4.78, 5) is 4.02. The normalized spacial score (nSPS) is 12.8. The quantitative estimate of drug-likeness (QED) is 0.768. The lowest BCUT2D eigenvalue weighted by Gasteiger charge is -2.11. The van der Waals surface area contributed by atoms with Gasteiger partial charge >= 0.3 is 0 Å². The van der Waals surface area contributed by atoms with E-state index in [0.717, 1.165) is 11.3 Å². The number of thioether (sulfide) groups is 1. The van der Waals surface area contributed by atoms with Crippen LogP contribution in [0.5, 0.6) is 0 Å². The Morgan fingerprint density at radius 3 is 3.00 bits per heavy atom. The third-order valence-electron chi connectivity index (χ3n) is 1.74. The molecule has 1 aromatic rings. The third-order valence-corrected chi connectivity index (χ3v) is 2.48. The summed E-state index contributed by atoms with van der Waals surface area (Å²) in [6.07, 6.45) is 5.60. The van der Waals surface area contributed by atoms with Gasteiger partial charge in [0.25, 0.3) is 0 Å². The summed E-state index contributed by atoms with van der Waals surface area (Å²) < 4.78 is 0. The average Bonchev–Trinajstić information content (AvgIpc) is 2.15. The van der Waals surface area contributed by atoms with Crippen molar-refractivity contribution in [2.75, 3.05) is 18.6 Å². The zero-order valence-corrected chi connectivity index (χ0v) is 7.92. The molecule has 0 radical (unpaired) electrons. The molecule has 0 aliphatic rings. The van der Waals surface area contributed by atoms with Crippen LogP contribution in [0.25, 0.3) is 0 Å². The number of pyridine rings is 1. The highest BCUT2D eigenvalue weighted by atomic mass is 32.2. The highest BCUT2D eigenvalue weighted by Gasteiger charge is 2.08. The van der Waals surface area contributed by atoms with Crippen LogP contribution < -0.4 is 0 Å². The first-order chi connectivity index (χ1) is 5.88. The Hall–Kier alpha value is -0.540. The van der Waals surface area contributed by atoms with E-state index >= 15 is 0 Å². The Labute approximate surface area is 77.0 Å². The van der Waals surface area contributed by atoms with E-state index in [1.54, 1.807) is 18.0 Å². The minimum absolute atomic E-state index is 0.201. The van der Waals surface area contributed by atoms with E-state index in [1.807, 2.05) is 24.6 Å². The third kappa shape index (κ3) is 2.50. The van der Waals surface area contributed by atoms with Gasteiger partial charge in [-0.05, 0) is 17.9 Å². The first-order valence-corrected chi connectivity index (χ1v) is 5.27. The number of hydrogen-bond donors (Lipinski definition) is 1. The van der Waals surface area contributed by atoms with E-state index in [-0.39, 0.29) is 12.5 Å². The van der Waals surface area contributed by atoms with Gasteiger partial charge in [-0.15, -0.1) is 0 Å². The number of hydrogen-bond acceptors (Lipinski definition) is 3. The molecule has 1 atom stereocenters. The van der Waals surface area contributed by atoms with E-state index in [2.05, 4.69) is 4.98 Å². The maximum atomic E-state index is 9.07. The molecule has 0 spiro atoms. The second kappa shape index (κ2) is 5.17. The summed E-state index contributed by atoms with van der Waals surface area (Å²) in [7, 11) is 0. The monoisotopic (exact) mass is 183 g/mol. The molecule has 0 saturated heterocycles. The first kappa shape index (κ1) is 9.55.